The summed E-state index contributed by atoms with van der Waals surface area (Å²) >= 11 is 0. The molecule has 3 rings (SSSR count). The molecule has 1 atom stereocenters. The maximum atomic E-state index is 12.6. The number of anilines is 1. The van der Waals surface area contributed by atoms with Crippen LogP contribution in [0.1, 0.15) is 37.9 Å². The lowest BCUT2D eigenvalue weighted by Crippen LogP contribution is -2.52. The molecule has 1 fully saturated rings. The van der Waals surface area contributed by atoms with Crippen molar-refractivity contribution in [1.29, 1.82) is 5.26 Å². The van der Waals surface area contributed by atoms with E-state index in [1.807, 2.05) is 45.0 Å². The second kappa shape index (κ2) is 7.67. The van der Waals surface area contributed by atoms with Gasteiger partial charge in [-0.05, 0) is 38.5 Å². The van der Waals surface area contributed by atoms with Gasteiger partial charge < -0.3 is 14.5 Å². The first-order chi connectivity index (χ1) is 12.9. The molecule has 0 radical (unpaired) electrons. The van der Waals surface area contributed by atoms with Crippen LogP contribution in [0.15, 0.2) is 48.7 Å². The Morgan fingerprint density at radius 1 is 1.19 bits per heavy atom. The van der Waals surface area contributed by atoms with Gasteiger partial charge in [0.05, 0.1) is 11.6 Å². The largest absolute Gasteiger partial charge is 0.444 e. The lowest BCUT2D eigenvalue weighted by molar-refractivity contribution is 0.0213. The summed E-state index contributed by atoms with van der Waals surface area (Å²) in [5.41, 5.74) is 1.12. The summed E-state index contributed by atoms with van der Waals surface area (Å²) in [5, 5.41) is 9.00. The molecule has 6 heteroatoms. The average molecular weight is 364 g/mol. The third-order valence-corrected chi connectivity index (χ3v) is 4.39. The van der Waals surface area contributed by atoms with Crippen LogP contribution in [0, 0.1) is 11.3 Å². The Morgan fingerprint density at radius 3 is 2.52 bits per heavy atom. The molecule has 27 heavy (non-hydrogen) atoms. The Labute approximate surface area is 160 Å². The first-order valence-corrected chi connectivity index (χ1v) is 9.03. The quantitative estimate of drug-likeness (QED) is 0.812. The van der Waals surface area contributed by atoms with Crippen molar-refractivity contribution in [3.8, 4) is 6.07 Å². The van der Waals surface area contributed by atoms with Gasteiger partial charge in [0.2, 0.25) is 0 Å². The van der Waals surface area contributed by atoms with Crippen LogP contribution in [0.2, 0.25) is 0 Å². The zero-order valence-corrected chi connectivity index (χ0v) is 15.9. The minimum Gasteiger partial charge on any atom is -0.444 e. The topological polar surface area (TPSA) is 69.5 Å². The smallest absolute Gasteiger partial charge is 0.410 e. The second-order valence-electron chi connectivity index (χ2n) is 7.56. The molecule has 0 saturated carbocycles. The molecule has 140 valence electrons. The highest BCUT2D eigenvalue weighted by atomic mass is 16.6. The highest BCUT2D eigenvalue weighted by Gasteiger charge is 2.33. The van der Waals surface area contributed by atoms with Crippen LogP contribution in [-0.2, 0) is 4.74 Å². The third kappa shape index (κ3) is 4.56. The number of carbonyl (C=O) groups is 1. The van der Waals surface area contributed by atoms with E-state index in [0.717, 1.165) is 11.4 Å². The van der Waals surface area contributed by atoms with E-state index in [-0.39, 0.29) is 12.1 Å². The number of aromatic nitrogens is 1. The summed E-state index contributed by atoms with van der Waals surface area (Å²) in [4.78, 5) is 20.9. The molecule has 1 aliphatic rings. The van der Waals surface area contributed by atoms with E-state index >= 15 is 0 Å². The van der Waals surface area contributed by atoms with Gasteiger partial charge in [0.25, 0.3) is 0 Å². The second-order valence-corrected chi connectivity index (χ2v) is 7.56. The number of amides is 1. The monoisotopic (exact) mass is 364 g/mol. The molecule has 2 aromatic rings. The number of hydrogen-bond donors (Lipinski definition) is 0. The predicted molar refractivity (Wildman–Crippen MR) is 103 cm³/mol. The van der Waals surface area contributed by atoms with Crippen LogP contribution < -0.4 is 4.90 Å². The number of pyridine rings is 1. The normalized spacial score (nSPS) is 17.3. The standard InChI is InChI=1S/C21H24N4O2/c1-21(2,3)27-20(26)24-11-12-25(19-10-9-16(13-22)14-23-19)18(15-24)17-7-5-4-6-8-17/h4-10,14,18H,11-12,15H2,1-3H3/t18-/m1/s1. The Balaban J connectivity index is 1.86. The van der Waals surface area contributed by atoms with Crippen LogP contribution in [0.3, 0.4) is 0 Å². The van der Waals surface area contributed by atoms with E-state index in [4.69, 9.17) is 10.00 Å². The summed E-state index contributed by atoms with van der Waals surface area (Å²) in [6.07, 6.45) is 1.29. The third-order valence-electron chi connectivity index (χ3n) is 4.39. The van der Waals surface area contributed by atoms with Crippen molar-refractivity contribution < 1.29 is 9.53 Å². The molecule has 0 N–H and O–H groups in total. The van der Waals surface area contributed by atoms with Gasteiger partial charge in [-0.25, -0.2) is 9.78 Å². The van der Waals surface area contributed by atoms with Crippen molar-refractivity contribution in [2.75, 3.05) is 24.5 Å². The molecule has 1 aromatic carbocycles. The summed E-state index contributed by atoms with van der Waals surface area (Å²) in [6.45, 7) is 7.32. The number of carbonyl (C=O) groups excluding carboxylic acids is 1. The molecule has 1 amide bonds. The van der Waals surface area contributed by atoms with Gasteiger partial charge in [-0.3, -0.25) is 0 Å². The number of nitrogens with zero attached hydrogens (tertiary/aromatic N) is 4. The fraction of sp³-hybridized carbons (Fsp3) is 0.381. The zero-order valence-electron chi connectivity index (χ0n) is 15.9. The van der Waals surface area contributed by atoms with Gasteiger partial charge >= 0.3 is 6.09 Å². The Hall–Kier alpha value is -3.07. The lowest BCUT2D eigenvalue weighted by atomic mass is 10.0. The first-order valence-electron chi connectivity index (χ1n) is 9.03. The van der Waals surface area contributed by atoms with Crippen molar-refractivity contribution in [3.05, 3.63) is 59.8 Å². The fourth-order valence-corrected chi connectivity index (χ4v) is 3.13. The summed E-state index contributed by atoms with van der Waals surface area (Å²) in [7, 11) is 0. The van der Waals surface area contributed by atoms with Crippen molar-refractivity contribution in [3.63, 3.8) is 0 Å². The van der Waals surface area contributed by atoms with Gasteiger partial charge in [-0.2, -0.15) is 5.26 Å². The predicted octanol–water partition coefficient (Wildman–Crippen LogP) is 3.75. The molecular weight excluding hydrogens is 340 g/mol. The van der Waals surface area contributed by atoms with Crippen LogP contribution in [0.5, 0.6) is 0 Å². The molecule has 1 aliphatic heterocycles. The van der Waals surface area contributed by atoms with Gasteiger partial charge in [0.1, 0.15) is 17.5 Å². The van der Waals surface area contributed by atoms with E-state index in [1.165, 1.54) is 0 Å². The Bertz CT molecular complexity index is 822. The van der Waals surface area contributed by atoms with Crippen molar-refractivity contribution in [1.82, 2.24) is 9.88 Å². The highest BCUT2D eigenvalue weighted by Crippen LogP contribution is 2.30. The number of nitriles is 1. The van der Waals surface area contributed by atoms with E-state index < -0.39 is 5.60 Å². The molecular formula is C21H24N4O2. The van der Waals surface area contributed by atoms with Gasteiger partial charge in [0.15, 0.2) is 0 Å². The molecule has 2 heterocycles. The molecule has 0 unspecified atom stereocenters. The molecule has 6 nitrogen and oxygen atoms in total. The van der Waals surface area contributed by atoms with Crippen molar-refractivity contribution in [2.24, 2.45) is 0 Å². The highest BCUT2D eigenvalue weighted by molar-refractivity contribution is 5.69. The van der Waals surface area contributed by atoms with E-state index in [0.29, 0.717) is 25.2 Å². The van der Waals surface area contributed by atoms with Crippen LogP contribution in [0.4, 0.5) is 10.6 Å². The molecule has 1 saturated heterocycles. The summed E-state index contributed by atoms with van der Waals surface area (Å²) in [6, 6.07) is 15.8. The molecule has 0 aliphatic carbocycles. The number of piperazine rings is 1. The minimum atomic E-state index is -0.523. The first kappa shape index (κ1) is 18.7. The lowest BCUT2D eigenvalue weighted by Gasteiger charge is -2.42. The van der Waals surface area contributed by atoms with Crippen molar-refractivity contribution >= 4 is 11.9 Å². The van der Waals surface area contributed by atoms with Gasteiger partial charge in [0, 0.05) is 25.8 Å². The molecule has 0 bridgehead atoms. The van der Waals surface area contributed by atoms with Crippen LogP contribution >= 0.6 is 0 Å². The zero-order chi connectivity index (χ0) is 19.4. The summed E-state index contributed by atoms with van der Waals surface area (Å²) < 4.78 is 5.55. The maximum absolute atomic E-state index is 12.6. The molecule has 1 aromatic heterocycles. The number of benzene rings is 1. The average Bonchev–Trinajstić information content (AvgIpc) is 2.67. The Kier molecular flexibility index (Phi) is 5.31. The van der Waals surface area contributed by atoms with Crippen molar-refractivity contribution in [2.45, 2.75) is 32.4 Å². The van der Waals surface area contributed by atoms with Crippen LogP contribution in [0.25, 0.3) is 0 Å². The van der Waals surface area contributed by atoms with E-state index in [2.05, 4.69) is 28.1 Å². The fourth-order valence-electron chi connectivity index (χ4n) is 3.13. The SMILES string of the molecule is CC(C)(C)OC(=O)N1CCN(c2ccc(C#N)cn2)[C@@H](c2ccccc2)C1. The van der Waals surface area contributed by atoms with E-state index in [1.54, 1.807) is 17.2 Å². The number of rotatable bonds is 2. The summed E-state index contributed by atoms with van der Waals surface area (Å²) in [5.74, 6) is 0.798. The maximum Gasteiger partial charge on any atom is 0.410 e. The van der Waals surface area contributed by atoms with Gasteiger partial charge in [-0.15, -0.1) is 0 Å². The minimum absolute atomic E-state index is 0.0343. The number of ether oxygens (including phenoxy) is 1. The van der Waals surface area contributed by atoms with E-state index in [9.17, 15) is 4.79 Å². The Morgan fingerprint density at radius 2 is 1.93 bits per heavy atom. The number of hydrogen-bond acceptors (Lipinski definition) is 5. The van der Waals surface area contributed by atoms with Crippen LogP contribution in [-0.4, -0.2) is 41.2 Å². The molecule has 0 spiro atoms. The van der Waals surface area contributed by atoms with Gasteiger partial charge in [-0.1, -0.05) is 30.3 Å².